The molecule has 0 fully saturated rings. The Morgan fingerprint density at radius 3 is 2.93 bits per heavy atom. The fourth-order valence-electron chi connectivity index (χ4n) is 2.34. The van der Waals surface area contributed by atoms with Crippen molar-refractivity contribution in [1.82, 2.24) is 9.78 Å². The highest BCUT2D eigenvalue weighted by Gasteiger charge is 2.13. The fourth-order valence-corrected chi connectivity index (χ4v) is 2.34. The molecule has 74 valence electrons. The molecule has 0 radical (unpaired) electrons. The molecule has 0 aliphatic heterocycles. The van der Waals surface area contributed by atoms with Crippen LogP contribution in [0.1, 0.15) is 17.5 Å². The summed E-state index contributed by atoms with van der Waals surface area (Å²) in [6, 6.07) is 6.55. The van der Waals surface area contributed by atoms with Crippen LogP contribution in [0.15, 0.2) is 18.3 Å². The van der Waals surface area contributed by atoms with Gasteiger partial charge in [-0.2, -0.15) is 10.4 Å². The highest BCUT2D eigenvalue weighted by Crippen LogP contribution is 2.27. The van der Waals surface area contributed by atoms with Gasteiger partial charge in [0.2, 0.25) is 0 Å². The minimum Gasteiger partial charge on any atom is -0.251 e. The van der Waals surface area contributed by atoms with Crippen LogP contribution in [0.5, 0.6) is 0 Å². The first kappa shape index (κ1) is 8.49. The molecular weight excluding hydrogens is 186 g/mol. The van der Waals surface area contributed by atoms with Gasteiger partial charge < -0.3 is 0 Å². The summed E-state index contributed by atoms with van der Waals surface area (Å²) in [5, 5.41) is 14.1. The van der Waals surface area contributed by atoms with Crippen LogP contribution in [0.3, 0.4) is 0 Å². The standard InChI is InChI=1S/C12H11N3/c13-4-5-15-12-7-10-3-1-2-9(10)6-11(12)8-14-15/h6-8H,1-3,5H2. The van der Waals surface area contributed by atoms with E-state index in [1.165, 1.54) is 30.4 Å². The van der Waals surface area contributed by atoms with E-state index in [9.17, 15) is 0 Å². The third-order valence-electron chi connectivity index (χ3n) is 3.08. The van der Waals surface area contributed by atoms with Gasteiger partial charge in [-0.25, -0.2) is 0 Å². The summed E-state index contributed by atoms with van der Waals surface area (Å²) in [6.45, 7) is 0.336. The molecule has 0 saturated heterocycles. The van der Waals surface area contributed by atoms with Crippen LogP contribution >= 0.6 is 0 Å². The zero-order chi connectivity index (χ0) is 10.3. The van der Waals surface area contributed by atoms with E-state index in [0.717, 1.165) is 10.9 Å². The first-order valence-electron chi connectivity index (χ1n) is 5.23. The van der Waals surface area contributed by atoms with E-state index >= 15 is 0 Å². The molecule has 0 bridgehead atoms. The lowest BCUT2D eigenvalue weighted by atomic mass is 10.1. The molecule has 0 N–H and O–H groups in total. The van der Waals surface area contributed by atoms with Gasteiger partial charge in [-0.1, -0.05) is 0 Å². The Bertz CT molecular complexity index is 560. The smallest absolute Gasteiger partial charge is 0.128 e. The average molecular weight is 197 g/mol. The van der Waals surface area contributed by atoms with Crippen molar-refractivity contribution in [3.05, 3.63) is 29.5 Å². The number of aryl methyl sites for hydroxylation is 2. The molecule has 3 heteroatoms. The maximum Gasteiger partial charge on any atom is 0.128 e. The van der Waals surface area contributed by atoms with Crippen LogP contribution in [0.2, 0.25) is 0 Å². The Hall–Kier alpha value is -1.82. The van der Waals surface area contributed by atoms with Crippen molar-refractivity contribution in [3.8, 4) is 6.07 Å². The van der Waals surface area contributed by atoms with E-state index in [2.05, 4.69) is 23.3 Å². The van der Waals surface area contributed by atoms with Crippen LogP contribution in [-0.2, 0) is 19.4 Å². The molecule has 1 aromatic heterocycles. The Morgan fingerprint density at radius 2 is 2.13 bits per heavy atom. The van der Waals surface area contributed by atoms with E-state index in [4.69, 9.17) is 5.26 Å². The molecule has 0 spiro atoms. The third kappa shape index (κ3) is 1.22. The highest BCUT2D eigenvalue weighted by atomic mass is 15.3. The summed E-state index contributed by atoms with van der Waals surface area (Å²) in [5.41, 5.74) is 3.98. The molecule has 0 amide bonds. The van der Waals surface area contributed by atoms with E-state index in [0.29, 0.717) is 6.54 Å². The minimum atomic E-state index is 0.336. The number of hydrogen-bond donors (Lipinski definition) is 0. The van der Waals surface area contributed by atoms with E-state index in [1.54, 1.807) is 4.68 Å². The second-order valence-electron chi connectivity index (χ2n) is 3.99. The number of aromatic nitrogens is 2. The van der Waals surface area contributed by atoms with Crippen molar-refractivity contribution in [2.75, 3.05) is 0 Å². The second kappa shape index (κ2) is 3.09. The quantitative estimate of drug-likeness (QED) is 0.702. The van der Waals surface area contributed by atoms with Crippen molar-refractivity contribution in [2.24, 2.45) is 0 Å². The molecule has 0 saturated carbocycles. The average Bonchev–Trinajstić information content (AvgIpc) is 2.82. The van der Waals surface area contributed by atoms with Crippen molar-refractivity contribution in [2.45, 2.75) is 25.8 Å². The van der Waals surface area contributed by atoms with Crippen LogP contribution in [-0.4, -0.2) is 9.78 Å². The molecule has 1 aliphatic carbocycles. The summed E-state index contributed by atoms with van der Waals surface area (Å²) in [7, 11) is 0. The van der Waals surface area contributed by atoms with Gasteiger partial charge in [0.1, 0.15) is 6.54 Å². The minimum absolute atomic E-state index is 0.336. The number of nitriles is 1. The van der Waals surface area contributed by atoms with E-state index < -0.39 is 0 Å². The van der Waals surface area contributed by atoms with Crippen LogP contribution < -0.4 is 0 Å². The Labute approximate surface area is 87.9 Å². The molecule has 1 heterocycles. The fraction of sp³-hybridized carbons (Fsp3) is 0.333. The summed E-state index contributed by atoms with van der Waals surface area (Å²) < 4.78 is 1.77. The molecule has 2 aromatic rings. The lowest BCUT2D eigenvalue weighted by molar-refractivity contribution is 0.736. The van der Waals surface area contributed by atoms with Crippen molar-refractivity contribution in [1.29, 1.82) is 5.26 Å². The number of nitrogens with zero attached hydrogens (tertiary/aromatic N) is 3. The molecule has 1 aliphatic rings. The van der Waals surface area contributed by atoms with Gasteiger partial charge in [-0.15, -0.1) is 0 Å². The van der Waals surface area contributed by atoms with Crippen molar-refractivity contribution < 1.29 is 0 Å². The maximum atomic E-state index is 8.68. The van der Waals surface area contributed by atoms with Gasteiger partial charge in [0.25, 0.3) is 0 Å². The summed E-state index contributed by atoms with van der Waals surface area (Å²) in [5.74, 6) is 0. The normalized spacial score (nSPS) is 14.1. The summed E-state index contributed by atoms with van der Waals surface area (Å²) in [4.78, 5) is 0. The van der Waals surface area contributed by atoms with Crippen molar-refractivity contribution >= 4 is 10.9 Å². The zero-order valence-corrected chi connectivity index (χ0v) is 8.40. The predicted molar refractivity (Wildman–Crippen MR) is 57.4 cm³/mol. The highest BCUT2D eigenvalue weighted by molar-refractivity contribution is 5.80. The van der Waals surface area contributed by atoms with E-state index in [-0.39, 0.29) is 0 Å². The molecule has 3 rings (SSSR count). The largest absolute Gasteiger partial charge is 0.251 e. The second-order valence-corrected chi connectivity index (χ2v) is 3.99. The topological polar surface area (TPSA) is 41.6 Å². The molecular formula is C12H11N3. The third-order valence-corrected chi connectivity index (χ3v) is 3.08. The predicted octanol–water partition coefficient (Wildman–Crippen LogP) is 2.05. The summed E-state index contributed by atoms with van der Waals surface area (Å²) in [6.07, 6.45) is 5.47. The Balaban J connectivity index is 2.23. The molecule has 0 atom stereocenters. The number of rotatable bonds is 1. The molecule has 15 heavy (non-hydrogen) atoms. The number of hydrogen-bond acceptors (Lipinski definition) is 2. The SMILES string of the molecule is N#CCn1ncc2cc3c(cc21)CCC3. The monoisotopic (exact) mass is 197 g/mol. The van der Waals surface area contributed by atoms with Gasteiger partial charge in [-0.3, -0.25) is 4.68 Å². The van der Waals surface area contributed by atoms with Gasteiger partial charge in [0.05, 0.1) is 17.8 Å². The molecule has 3 nitrogen and oxygen atoms in total. The lowest BCUT2D eigenvalue weighted by Crippen LogP contribution is -1.97. The maximum absolute atomic E-state index is 8.68. The number of benzene rings is 1. The van der Waals surface area contributed by atoms with E-state index in [1.807, 2.05) is 6.20 Å². The van der Waals surface area contributed by atoms with Gasteiger partial charge >= 0.3 is 0 Å². The summed E-state index contributed by atoms with van der Waals surface area (Å²) >= 11 is 0. The van der Waals surface area contributed by atoms with Crippen molar-refractivity contribution in [3.63, 3.8) is 0 Å². The van der Waals surface area contributed by atoms with Crippen LogP contribution in [0, 0.1) is 11.3 Å². The first-order valence-corrected chi connectivity index (χ1v) is 5.23. The Morgan fingerprint density at radius 1 is 1.33 bits per heavy atom. The lowest BCUT2D eigenvalue weighted by Gasteiger charge is -2.01. The zero-order valence-electron chi connectivity index (χ0n) is 8.40. The van der Waals surface area contributed by atoms with Gasteiger partial charge in [0, 0.05) is 5.39 Å². The van der Waals surface area contributed by atoms with Crippen LogP contribution in [0.25, 0.3) is 10.9 Å². The van der Waals surface area contributed by atoms with Gasteiger partial charge in [0.15, 0.2) is 0 Å². The number of fused-ring (bicyclic) bond motifs is 2. The Kier molecular flexibility index (Phi) is 1.75. The first-order chi connectivity index (χ1) is 7.38. The molecule has 1 aromatic carbocycles. The van der Waals surface area contributed by atoms with Crippen LogP contribution in [0.4, 0.5) is 0 Å². The van der Waals surface area contributed by atoms with Gasteiger partial charge in [-0.05, 0) is 42.5 Å². The molecule has 0 unspecified atom stereocenters.